The number of benzene rings is 1. The highest BCUT2D eigenvalue weighted by molar-refractivity contribution is 6.29. The van der Waals surface area contributed by atoms with Crippen LogP contribution in [0.3, 0.4) is 0 Å². The first kappa shape index (κ1) is 15.5. The van der Waals surface area contributed by atoms with Gasteiger partial charge in [0, 0.05) is 5.56 Å². The first-order chi connectivity index (χ1) is 13.7. The Bertz CT molecular complexity index is 1250. The number of hydrogen-bond donors (Lipinski definition) is 0. The van der Waals surface area contributed by atoms with Gasteiger partial charge in [0.25, 0.3) is 11.8 Å². The smallest absolute Gasteiger partial charge is 0.295 e. The third-order valence-corrected chi connectivity index (χ3v) is 4.96. The molecule has 0 saturated carbocycles. The molecule has 4 aromatic rings. The van der Waals surface area contributed by atoms with Gasteiger partial charge in [0.05, 0.1) is 11.9 Å². The van der Waals surface area contributed by atoms with Crippen molar-refractivity contribution in [3.05, 3.63) is 59.2 Å². The van der Waals surface area contributed by atoms with Crippen molar-refractivity contribution < 1.29 is 8.94 Å². The van der Waals surface area contributed by atoms with E-state index in [1.807, 2.05) is 46.8 Å². The Morgan fingerprint density at radius 1 is 1.14 bits per heavy atom. The van der Waals surface area contributed by atoms with Gasteiger partial charge in [-0.15, -0.1) is 0 Å². The molecule has 0 spiro atoms. The number of aliphatic imine (C=N–C) groups is 1. The molecule has 0 atom stereocenters. The Kier molecular flexibility index (Phi) is 3.01. The van der Waals surface area contributed by atoms with Gasteiger partial charge in [0.2, 0.25) is 5.28 Å². The topological polar surface area (TPSA) is 88.7 Å². The summed E-state index contributed by atoms with van der Waals surface area (Å²) in [6.07, 6.45) is 1.70. The summed E-state index contributed by atoms with van der Waals surface area (Å²) in [5, 5.41) is 8.18. The lowest BCUT2D eigenvalue weighted by Crippen LogP contribution is -2.46. The Morgan fingerprint density at radius 3 is 2.89 bits per heavy atom. The lowest BCUT2D eigenvalue weighted by atomic mass is 10.1. The van der Waals surface area contributed by atoms with E-state index in [0.29, 0.717) is 29.6 Å². The second-order valence-corrected chi connectivity index (χ2v) is 6.72. The maximum Gasteiger partial charge on any atom is 0.295 e. The summed E-state index contributed by atoms with van der Waals surface area (Å²) in [6.45, 7) is 2.19. The van der Waals surface area contributed by atoms with Crippen LogP contribution in [0.15, 0.2) is 56.5 Å². The fourth-order valence-electron chi connectivity index (χ4n) is 3.48. The van der Waals surface area contributed by atoms with Crippen molar-refractivity contribution in [1.29, 1.82) is 0 Å². The Hall–Kier alpha value is -3.59. The number of imidazole rings is 1. The summed E-state index contributed by atoms with van der Waals surface area (Å²) < 4.78 is 12.8. The van der Waals surface area contributed by atoms with Gasteiger partial charge in [-0.05, 0) is 47.9 Å². The summed E-state index contributed by atoms with van der Waals surface area (Å²) in [5.74, 6) is 3.49. The SMILES string of the molecule is Cc1ccc(-c2nc(N3CN=C4c5ccccc5-n5c(cnc5Cl)N43)no2)o1. The monoisotopic (exact) mass is 393 g/mol. The van der Waals surface area contributed by atoms with Crippen molar-refractivity contribution in [2.45, 2.75) is 6.92 Å². The quantitative estimate of drug-likeness (QED) is 0.515. The van der Waals surface area contributed by atoms with Crippen LogP contribution in [0.4, 0.5) is 11.8 Å². The molecule has 1 aromatic carbocycles. The lowest BCUT2D eigenvalue weighted by Gasteiger charge is -2.33. The normalized spacial score (nSPS) is 14.7. The molecule has 0 fully saturated rings. The summed E-state index contributed by atoms with van der Waals surface area (Å²) in [5.41, 5.74) is 1.87. The van der Waals surface area contributed by atoms with Crippen molar-refractivity contribution in [2.24, 2.45) is 4.99 Å². The number of hydrogen-bond acceptors (Lipinski definition) is 8. The van der Waals surface area contributed by atoms with E-state index in [1.165, 1.54) is 0 Å². The van der Waals surface area contributed by atoms with Crippen molar-refractivity contribution in [3.8, 4) is 17.3 Å². The number of aryl methyl sites for hydroxylation is 1. The zero-order valence-electron chi connectivity index (χ0n) is 14.6. The number of furan rings is 1. The summed E-state index contributed by atoms with van der Waals surface area (Å²) in [7, 11) is 0. The van der Waals surface area contributed by atoms with Gasteiger partial charge in [-0.2, -0.15) is 4.98 Å². The van der Waals surface area contributed by atoms with Crippen LogP contribution in [0.1, 0.15) is 11.3 Å². The number of hydrazine groups is 1. The molecule has 3 aromatic heterocycles. The second kappa shape index (κ2) is 5.46. The average Bonchev–Trinajstić information content (AvgIpc) is 3.47. The van der Waals surface area contributed by atoms with Crippen molar-refractivity contribution in [3.63, 3.8) is 0 Å². The van der Waals surface area contributed by atoms with E-state index in [4.69, 9.17) is 25.5 Å². The standard InChI is InChI=1S/C18H12ClN7O2/c1-10-6-7-13(27-10)16-22-18(23-28-16)24-9-21-15-11-4-2-3-5-12(11)25-14(26(15)24)8-20-17(25)19/h2-8H,9H2,1H3. The number of aromatic nitrogens is 4. The molecule has 2 aliphatic rings. The van der Waals surface area contributed by atoms with E-state index in [0.717, 1.165) is 28.7 Å². The Balaban J connectivity index is 1.46. The van der Waals surface area contributed by atoms with Crippen LogP contribution in [0, 0.1) is 6.92 Å². The highest BCUT2D eigenvalue weighted by Gasteiger charge is 2.39. The molecule has 6 rings (SSSR count). The van der Waals surface area contributed by atoms with E-state index in [1.54, 1.807) is 17.3 Å². The zero-order valence-corrected chi connectivity index (χ0v) is 15.3. The van der Waals surface area contributed by atoms with Gasteiger partial charge in [-0.25, -0.2) is 20.0 Å². The first-order valence-electron chi connectivity index (χ1n) is 8.56. The molecule has 0 bridgehead atoms. The Morgan fingerprint density at radius 2 is 2.04 bits per heavy atom. The Labute approximate surface area is 163 Å². The number of anilines is 2. The minimum absolute atomic E-state index is 0.306. The molecule has 2 aliphatic heterocycles. The summed E-state index contributed by atoms with van der Waals surface area (Å²) in [4.78, 5) is 13.4. The van der Waals surface area contributed by atoms with Gasteiger partial charge in [-0.1, -0.05) is 12.1 Å². The van der Waals surface area contributed by atoms with Crippen LogP contribution in [-0.2, 0) is 0 Å². The lowest BCUT2D eigenvalue weighted by molar-refractivity contribution is 0.412. The van der Waals surface area contributed by atoms with E-state index in [-0.39, 0.29) is 0 Å². The van der Waals surface area contributed by atoms with Crippen LogP contribution in [-0.4, -0.2) is 32.2 Å². The van der Waals surface area contributed by atoms with E-state index in [9.17, 15) is 0 Å². The van der Waals surface area contributed by atoms with Gasteiger partial charge in [0.15, 0.2) is 17.4 Å². The van der Waals surface area contributed by atoms with Crippen LogP contribution >= 0.6 is 11.6 Å². The molecule has 10 heteroatoms. The molecule has 9 nitrogen and oxygen atoms in total. The van der Waals surface area contributed by atoms with Crippen LogP contribution in [0.2, 0.25) is 5.28 Å². The van der Waals surface area contributed by atoms with Crippen molar-refractivity contribution >= 4 is 29.2 Å². The predicted octanol–water partition coefficient (Wildman–Crippen LogP) is 3.44. The number of fused-ring (bicyclic) bond motifs is 6. The maximum atomic E-state index is 6.36. The zero-order chi connectivity index (χ0) is 18.8. The molecule has 0 unspecified atom stereocenters. The maximum absolute atomic E-state index is 6.36. The summed E-state index contributed by atoms with van der Waals surface area (Å²) in [6, 6.07) is 11.5. The predicted molar refractivity (Wildman–Crippen MR) is 102 cm³/mol. The number of nitrogens with zero attached hydrogens (tertiary/aromatic N) is 7. The summed E-state index contributed by atoms with van der Waals surface area (Å²) >= 11 is 6.36. The molecule has 0 amide bonds. The minimum Gasteiger partial charge on any atom is -0.456 e. The highest BCUT2D eigenvalue weighted by atomic mass is 35.5. The van der Waals surface area contributed by atoms with Gasteiger partial charge in [-0.3, -0.25) is 4.57 Å². The molecule has 0 saturated heterocycles. The molecule has 5 heterocycles. The molecule has 28 heavy (non-hydrogen) atoms. The number of para-hydroxylation sites is 1. The first-order valence-corrected chi connectivity index (χ1v) is 8.94. The third kappa shape index (κ3) is 2.01. The second-order valence-electron chi connectivity index (χ2n) is 6.38. The number of halogens is 1. The molecular formula is C18H12ClN7O2. The van der Waals surface area contributed by atoms with Crippen molar-refractivity contribution in [2.75, 3.05) is 16.7 Å². The fourth-order valence-corrected chi connectivity index (χ4v) is 3.71. The molecule has 0 N–H and O–H groups in total. The largest absolute Gasteiger partial charge is 0.456 e. The van der Waals surface area contributed by atoms with Gasteiger partial charge >= 0.3 is 0 Å². The average molecular weight is 394 g/mol. The van der Waals surface area contributed by atoms with E-state index in [2.05, 4.69) is 15.1 Å². The third-order valence-electron chi connectivity index (χ3n) is 4.70. The molecule has 138 valence electrons. The highest BCUT2D eigenvalue weighted by Crippen LogP contribution is 2.38. The van der Waals surface area contributed by atoms with Crippen LogP contribution < -0.4 is 10.0 Å². The van der Waals surface area contributed by atoms with Gasteiger partial charge < -0.3 is 8.94 Å². The fraction of sp³-hybridized carbons (Fsp3) is 0.111. The van der Waals surface area contributed by atoms with E-state index < -0.39 is 0 Å². The van der Waals surface area contributed by atoms with E-state index >= 15 is 0 Å². The molecule has 0 radical (unpaired) electrons. The molecule has 0 aliphatic carbocycles. The van der Waals surface area contributed by atoms with Crippen LogP contribution in [0.25, 0.3) is 17.3 Å². The number of rotatable bonds is 2. The van der Waals surface area contributed by atoms with Crippen molar-refractivity contribution in [1.82, 2.24) is 19.7 Å². The minimum atomic E-state index is 0.306. The number of amidine groups is 1. The molecular weight excluding hydrogens is 382 g/mol. The van der Waals surface area contributed by atoms with Crippen LogP contribution in [0.5, 0.6) is 0 Å². The van der Waals surface area contributed by atoms with Gasteiger partial charge in [0.1, 0.15) is 12.4 Å².